The number of alkyl halides is 3. The van der Waals surface area contributed by atoms with Crippen LogP contribution in [0.15, 0.2) is 54.7 Å². The van der Waals surface area contributed by atoms with E-state index in [4.69, 9.17) is 23.2 Å². The summed E-state index contributed by atoms with van der Waals surface area (Å²) in [5, 5.41) is 0.722. The molecule has 0 unspecified atom stereocenters. The number of carbonyl (C=O) groups excluding carboxylic acids is 1. The third-order valence-electron chi connectivity index (χ3n) is 7.95. The second-order valence-electron chi connectivity index (χ2n) is 10.8. The summed E-state index contributed by atoms with van der Waals surface area (Å²) in [6.07, 6.45) is -3.32. The van der Waals surface area contributed by atoms with E-state index < -0.39 is 27.4 Å². The zero-order valence-corrected chi connectivity index (χ0v) is 25.3. The van der Waals surface area contributed by atoms with Gasteiger partial charge in [0.25, 0.3) is 5.91 Å². The summed E-state index contributed by atoms with van der Waals surface area (Å²) in [5.74, 6) is -1.15. The predicted molar refractivity (Wildman–Crippen MR) is 157 cm³/mol. The quantitative estimate of drug-likeness (QED) is 0.325. The zero-order chi connectivity index (χ0) is 31.1. The second kappa shape index (κ2) is 12.2. The molecule has 0 radical (unpaired) electrons. The molecule has 43 heavy (non-hydrogen) atoms. The molecule has 2 saturated heterocycles. The summed E-state index contributed by atoms with van der Waals surface area (Å²) in [4.78, 5) is 23.4. The van der Waals surface area contributed by atoms with Crippen LogP contribution in [0.2, 0.25) is 10.0 Å². The number of halogens is 6. The van der Waals surface area contributed by atoms with Crippen molar-refractivity contribution in [2.75, 3.05) is 49.6 Å². The Hall–Kier alpha value is -2.93. The van der Waals surface area contributed by atoms with E-state index in [1.807, 2.05) is 15.9 Å². The van der Waals surface area contributed by atoms with Crippen LogP contribution < -0.4 is 4.90 Å². The molecule has 1 aromatic heterocycles. The van der Waals surface area contributed by atoms with Crippen molar-refractivity contribution in [1.29, 1.82) is 0 Å². The lowest BCUT2D eigenvalue weighted by Crippen LogP contribution is -2.40. The Kier molecular flexibility index (Phi) is 8.95. The smallest absolute Gasteiger partial charge is 0.355 e. The molecule has 2 aliphatic heterocycles. The lowest BCUT2D eigenvalue weighted by Gasteiger charge is -2.29. The van der Waals surface area contributed by atoms with Crippen LogP contribution in [0.4, 0.5) is 23.4 Å². The van der Waals surface area contributed by atoms with Crippen LogP contribution in [0.5, 0.6) is 0 Å². The lowest BCUT2D eigenvalue weighted by atomic mass is 9.93. The molecule has 0 aliphatic carbocycles. The van der Waals surface area contributed by atoms with Gasteiger partial charge in [0.15, 0.2) is 9.84 Å². The Balaban J connectivity index is 1.35. The van der Waals surface area contributed by atoms with Crippen LogP contribution in [0, 0.1) is 5.82 Å². The van der Waals surface area contributed by atoms with Crippen molar-refractivity contribution in [3.8, 4) is 0 Å². The largest absolute Gasteiger partial charge is 0.419 e. The molecule has 230 valence electrons. The van der Waals surface area contributed by atoms with E-state index >= 15 is 0 Å². The van der Waals surface area contributed by atoms with E-state index in [1.54, 1.807) is 36.2 Å². The van der Waals surface area contributed by atoms with Gasteiger partial charge in [-0.2, -0.15) is 13.2 Å². The van der Waals surface area contributed by atoms with Gasteiger partial charge >= 0.3 is 6.18 Å². The first kappa shape index (κ1) is 31.5. The van der Waals surface area contributed by atoms with Crippen molar-refractivity contribution in [1.82, 2.24) is 14.8 Å². The minimum absolute atomic E-state index is 0.0489. The number of likely N-dealkylation sites (tertiary alicyclic amines) is 1. The highest BCUT2D eigenvalue weighted by Crippen LogP contribution is 2.36. The standard InChI is InChI=1S/C29H28Cl2F4N4O3S/c1-37(15-18-2-5-22(25(32)12-18)29(33,34)35)26-17-39(16-21(26)19-3-6-23(30)24(31)13-19)28(40)20-4-7-27(36-14-20)38-8-10-43(41,42)11-9-38/h2-7,12-14,21,26H,8-11,15-17H2,1H3/t21-,26+/m1/s1. The zero-order valence-electron chi connectivity index (χ0n) is 23.0. The van der Waals surface area contributed by atoms with E-state index in [1.165, 1.54) is 12.3 Å². The summed E-state index contributed by atoms with van der Waals surface area (Å²) >= 11 is 12.4. The van der Waals surface area contributed by atoms with E-state index in [-0.39, 0.29) is 42.5 Å². The summed E-state index contributed by atoms with van der Waals surface area (Å²) in [5.41, 5.74) is 0.217. The summed E-state index contributed by atoms with van der Waals surface area (Å²) < 4.78 is 76.9. The number of amides is 1. The minimum Gasteiger partial charge on any atom is -0.355 e. The number of carbonyl (C=O) groups is 1. The van der Waals surface area contributed by atoms with Crippen molar-refractivity contribution < 1.29 is 30.8 Å². The SMILES string of the molecule is CN(Cc1ccc(C(F)(F)F)c(F)c1)[C@H]1CN(C(=O)c2ccc(N3CCS(=O)(=O)CC3)nc2)C[C@@H]1c1ccc(Cl)c(Cl)c1. The van der Waals surface area contributed by atoms with Gasteiger partial charge in [-0.05, 0) is 54.6 Å². The Labute approximate surface area is 256 Å². The third kappa shape index (κ3) is 7.08. The molecule has 3 aromatic rings. The van der Waals surface area contributed by atoms with Crippen molar-refractivity contribution in [2.45, 2.75) is 24.7 Å². The number of hydrogen-bond donors (Lipinski definition) is 0. The molecular weight excluding hydrogens is 631 g/mol. The van der Waals surface area contributed by atoms with E-state index in [0.717, 1.165) is 17.7 Å². The number of benzene rings is 2. The highest BCUT2D eigenvalue weighted by molar-refractivity contribution is 7.91. The van der Waals surface area contributed by atoms with Crippen molar-refractivity contribution in [3.63, 3.8) is 0 Å². The summed E-state index contributed by atoms with van der Waals surface area (Å²) in [7, 11) is -1.27. The van der Waals surface area contributed by atoms with E-state index in [9.17, 15) is 30.8 Å². The van der Waals surface area contributed by atoms with Gasteiger partial charge in [0.1, 0.15) is 11.6 Å². The molecule has 5 rings (SSSR count). The topological polar surface area (TPSA) is 73.8 Å². The van der Waals surface area contributed by atoms with Crippen molar-refractivity contribution in [3.05, 3.63) is 92.8 Å². The van der Waals surface area contributed by atoms with Crippen LogP contribution in [-0.2, 0) is 22.6 Å². The maximum Gasteiger partial charge on any atom is 0.419 e. The number of rotatable bonds is 6. The number of nitrogens with zero attached hydrogens (tertiary/aromatic N) is 4. The molecular formula is C29H28Cl2F4N4O3S. The highest BCUT2D eigenvalue weighted by atomic mass is 35.5. The number of hydrogen-bond acceptors (Lipinski definition) is 6. The Morgan fingerprint density at radius 3 is 2.35 bits per heavy atom. The Morgan fingerprint density at radius 1 is 1.02 bits per heavy atom. The maximum atomic E-state index is 14.3. The number of anilines is 1. The van der Waals surface area contributed by atoms with E-state index in [2.05, 4.69) is 4.98 Å². The first-order chi connectivity index (χ1) is 20.2. The molecule has 1 amide bonds. The fourth-order valence-corrected chi connectivity index (χ4v) is 7.09. The molecule has 0 bridgehead atoms. The lowest BCUT2D eigenvalue weighted by molar-refractivity contribution is -0.140. The van der Waals surface area contributed by atoms with Gasteiger partial charge in [0.05, 0.1) is 32.7 Å². The van der Waals surface area contributed by atoms with Crippen LogP contribution >= 0.6 is 23.2 Å². The van der Waals surface area contributed by atoms with Gasteiger partial charge in [-0.3, -0.25) is 9.69 Å². The Bertz CT molecular complexity index is 1610. The second-order valence-corrected chi connectivity index (χ2v) is 13.9. The fraction of sp³-hybridized carbons (Fsp3) is 0.379. The van der Waals surface area contributed by atoms with E-state index in [0.29, 0.717) is 46.6 Å². The molecule has 2 aliphatic rings. The van der Waals surface area contributed by atoms with Gasteiger partial charge in [-0.1, -0.05) is 35.3 Å². The van der Waals surface area contributed by atoms with Crippen LogP contribution in [0.3, 0.4) is 0 Å². The molecule has 2 atom stereocenters. The van der Waals surface area contributed by atoms with Crippen LogP contribution in [0.1, 0.15) is 33.0 Å². The first-order valence-electron chi connectivity index (χ1n) is 13.4. The summed E-state index contributed by atoms with van der Waals surface area (Å²) in [6.45, 7) is 1.41. The molecule has 7 nitrogen and oxygen atoms in total. The average molecular weight is 660 g/mol. The maximum absolute atomic E-state index is 14.3. The first-order valence-corrected chi connectivity index (χ1v) is 16.0. The summed E-state index contributed by atoms with van der Waals surface area (Å²) in [6, 6.07) is 11.2. The van der Waals surface area contributed by atoms with Gasteiger partial charge < -0.3 is 9.80 Å². The molecule has 0 saturated carbocycles. The number of pyridine rings is 1. The highest BCUT2D eigenvalue weighted by Gasteiger charge is 2.39. The molecule has 3 heterocycles. The number of aromatic nitrogens is 1. The van der Waals surface area contributed by atoms with Gasteiger partial charge in [0.2, 0.25) is 0 Å². The molecule has 2 aromatic carbocycles. The predicted octanol–water partition coefficient (Wildman–Crippen LogP) is 5.52. The third-order valence-corrected chi connectivity index (χ3v) is 10.3. The van der Waals surface area contributed by atoms with Crippen LogP contribution in [-0.4, -0.2) is 79.9 Å². The minimum atomic E-state index is -4.79. The van der Waals surface area contributed by atoms with Crippen LogP contribution in [0.25, 0.3) is 0 Å². The van der Waals surface area contributed by atoms with Crippen molar-refractivity contribution in [2.24, 2.45) is 0 Å². The molecule has 2 fully saturated rings. The van der Waals surface area contributed by atoms with Gasteiger partial charge in [0, 0.05) is 50.9 Å². The Morgan fingerprint density at radius 2 is 1.74 bits per heavy atom. The monoisotopic (exact) mass is 658 g/mol. The number of sulfone groups is 1. The number of likely N-dealkylation sites (N-methyl/N-ethyl adjacent to an activating group) is 1. The fourth-order valence-electron chi connectivity index (χ4n) is 5.59. The average Bonchev–Trinajstić information content (AvgIpc) is 3.39. The van der Waals surface area contributed by atoms with Gasteiger partial charge in [-0.25, -0.2) is 17.8 Å². The molecule has 0 spiro atoms. The molecule has 0 N–H and O–H groups in total. The van der Waals surface area contributed by atoms with Crippen molar-refractivity contribution >= 4 is 44.8 Å². The molecule has 14 heteroatoms. The van der Waals surface area contributed by atoms with Gasteiger partial charge in [-0.15, -0.1) is 0 Å². The normalized spacial score (nSPS) is 20.6.